The third kappa shape index (κ3) is 2.63. The number of fused-ring (bicyclic) bond motifs is 1. The second kappa shape index (κ2) is 6.02. The van der Waals surface area contributed by atoms with Crippen molar-refractivity contribution in [1.29, 1.82) is 0 Å². The predicted octanol–water partition coefficient (Wildman–Crippen LogP) is 3.73. The van der Waals surface area contributed by atoms with Crippen molar-refractivity contribution in [2.24, 2.45) is 0 Å². The average Bonchev–Trinajstić information content (AvgIpc) is 2.96. The van der Waals surface area contributed by atoms with Gasteiger partial charge in [0.25, 0.3) is 0 Å². The first-order valence-corrected chi connectivity index (χ1v) is 8.15. The van der Waals surface area contributed by atoms with E-state index in [0.29, 0.717) is 17.2 Å². The van der Waals surface area contributed by atoms with Gasteiger partial charge in [-0.25, -0.2) is 4.98 Å². The Kier molecular flexibility index (Phi) is 4.13. The van der Waals surface area contributed by atoms with Gasteiger partial charge in [-0.3, -0.25) is 0 Å². The Bertz CT molecular complexity index is 553. The molecule has 0 saturated carbocycles. The largest absolute Gasteiger partial charge is 0.340 e. The maximum atomic E-state index is 4.37. The summed E-state index contributed by atoms with van der Waals surface area (Å²) < 4.78 is 0. The van der Waals surface area contributed by atoms with Crippen LogP contribution < -0.4 is 5.32 Å². The number of hydrogen-bond acceptors (Lipinski definition) is 3. The minimum atomic E-state index is 0.405. The molecule has 2 N–H and O–H groups in total. The van der Waals surface area contributed by atoms with Gasteiger partial charge in [0.2, 0.25) is 0 Å². The average molecular weight is 287 g/mol. The third-order valence-corrected chi connectivity index (χ3v) is 5.19. The van der Waals surface area contributed by atoms with Crippen LogP contribution in [0.3, 0.4) is 0 Å². The molecule has 20 heavy (non-hydrogen) atoms. The Balaban J connectivity index is 1.90. The van der Waals surface area contributed by atoms with Crippen molar-refractivity contribution in [2.45, 2.75) is 42.6 Å². The monoisotopic (exact) mass is 287 g/mol. The maximum absolute atomic E-state index is 4.37. The number of aromatic amines is 1. The van der Waals surface area contributed by atoms with Gasteiger partial charge in [0, 0.05) is 23.7 Å². The van der Waals surface area contributed by atoms with Crippen molar-refractivity contribution in [3.63, 3.8) is 0 Å². The molecular formula is C16H21N3S. The molecule has 106 valence electrons. The van der Waals surface area contributed by atoms with Gasteiger partial charge in [0.05, 0.1) is 0 Å². The van der Waals surface area contributed by atoms with Gasteiger partial charge in [0.1, 0.15) is 0 Å². The molecule has 0 saturated heterocycles. The first-order chi connectivity index (χ1) is 9.79. The molecule has 1 aromatic carbocycles. The molecular weight excluding hydrogens is 266 g/mol. The number of nitrogens with zero attached hydrogens (tertiary/aromatic N) is 1. The van der Waals surface area contributed by atoms with Crippen molar-refractivity contribution < 1.29 is 0 Å². The highest BCUT2D eigenvalue weighted by Gasteiger charge is 2.33. The molecule has 0 radical (unpaired) electrons. The van der Waals surface area contributed by atoms with E-state index in [2.05, 4.69) is 53.4 Å². The van der Waals surface area contributed by atoms with E-state index < -0.39 is 0 Å². The minimum Gasteiger partial charge on any atom is -0.340 e. The van der Waals surface area contributed by atoms with E-state index in [9.17, 15) is 0 Å². The topological polar surface area (TPSA) is 40.7 Å². The summed E-state index contributed by atoms with van der Waals surface area (Å²) in [5.74, 6) is 0.605. The Morgan fingerprint density at radius 1 is 1.35 bits per heavy atom. The van der Waals surface area contributed by atoms with E-state index in [0.717, 1.165) is 11.7 Å². The van der Waals surface area contributed by atoms with Gasteiger partial charge in [-0.1, -0.05) is 49.9 Å². The lowest BCUT2D eigenvalue weighted by atomic mass is 9.80. The summed E-state index contributed by atoms with van der Waals surface area (Å²) >= 11 is 1.86. The van der Waals surface area contributed by atoms with E-state index in [4.69, 9.17) is 0 Å². The summed E-state index contributed by atoms with van der Waals surface area (Å²) in [7, 11) is 0. The summed E-state index contributed by atoms with van der Waals surface area (Å²) in [4.78, 5) is 7.58. The van der Waals surface area contributed by atoms with Gasteiger partial charge < -0.3 is 10.3 Å². The van der Waals surface area contributed by atoms with Gasteiger partial charge in [-0.2, -0.15) is 0 Å². The van der Waals surface area contributed by atoms with Crippen molar-refractivity contribution >= 4 is 11.8 Å². The number of rotatable bonds is 4. The van der Waals surface area contributed by atoms with Crippen LogP contribution in [0.15, 0.2) is 41.8 Å². The Morgan fingerprint density at radius 2 is 2.15 bits per heavy atom. The first kappa shape index (κ1) is 13.7. The number of aromatic nitrogens is 2. The Hall–Kier alpha value is -1.26. The van der Waals surface area contributed by atoms with Crippen LogP contribution in [-0.2, 0) is 0 Å². The van der Waals surface area contributed by atoms with Crippen LogP contribution in [0.5, 0.6) is 0 Å². The van der Waals surface area contributed by atoms with E-state index in [1.807, 2.05) is 24.2 Å². The molecule has 1 aliphatic carbocycles. The normalized spacial score (nSPS) is 25.4. The van der Waals surface area contributed by atoms with Crippen LogP contribution in [0.1, 0.15) is 43.4 Å². The highest BCUT2D eigenvalue weighted by atomic mass is 32.2. The van der Waals surface area contributed by atoms with Crippen LogP contribution in [0, 0.1) is 0 Å². The molecule has 0 bridgehead atoms. The summed E-state index contributed by atoms with van der Waals surface area (Å²) in [6, 6.07) is 9.25. The van der Waals surface area contributed by atoms with Crippen LogP contribution >= 0.6 is 11.8 Å². The molecule has 4 heteroatoms. The molecule has 0 amide bonds. The molecule has 1 aromatic heterocycles. The number of benzene rings is 1. The second-order valence-corrected chi connectivity index (χ2v) is 6.58. The van der Waals surface area contributed by atoms with Crippen LogP contribution in [0.25, 0.3) is 0 Å². The van der Waals surface area contributed by atoms with Gasteiger partial charge >= 0.3 is 0 Å². The maximum Gasteiger partial charge on any atom is 0.165 e. The zero-order valence-corrected chi connectivity index (χ0v) is 12.8. The predicted molar refractivity (Wildman–Crippen MR) is 84.1 cm³/mol. The second-order valence-electron chi connectivity index (χ2n) is 5.35. The van der Waals surface area contributed by atoms with Gasteiger partial charge in [-0.05, 0) is 30.0 Å². The fourth-order valence-corrected chi connectivity index (χ4v) is 4.40. The summed E-state index contributed by atoms with van der Waals surface area (Å²) in [6.07, 6.45) is 4.90. The summed E-state index contributed by atoms with van der Waals surface area (Å²) in [6.45, 7) is 5.49. The van der Waals surface area contributed by atoms with E-state index in [1.54, 1.807) is 0 Å². The molecule has 3 rings (SSSR count). The van der Waals surface area contributed by atoms with Crippen LogP contribution in [0.2, 0.25) is 0 Å². The number of nitrogens with one attached hydrogen (secondary N) is 2. The highest BCUT2D eigenvalue weighted by molar-refractivity contribution is 7.99. The van der Waals surface area contributed by atoms with Crippen molar-refractivity contribution in [2.75, 3.05) is 6.54 Å². The number of thioether (sulfide) groups is 1. The van der Waals surface area contributed by atoms with Crippen molar-refractivity contribution in [1.82, 2.24) is 15.3 Å². The van der Waals surface area contributed by atoms with Crippen molar-refractivity contribution in [3.05, 3.63) is 47.8 Å². The Labute approximate surface area is 124 Å². The van der Waals surface area contributed by atoms with E-state index in [-0.39, 0.29) is 0 Å². The first-order valence-electron chi connectivity index (χ1n) is 7.27. The quantitative estimate of drug-likeness (QED) is 0.900. The molecule has 0 spiro atoms. The molecule has 0 fully saturated rings. The molecule has 0 aliphatic heterocycles. The molecule has 1 heterocycles. The fraction of sp³-hybridized carbons (Fsp3) is 0.438. The molecule has 3 unspecified atom stereocenters. The SMILES string of the molecule is CCNC1c2ccccc2C(C)CC1Sc1ncc[nH]1. The third-order valence-electron chi connectivity index (χ3n) is 3.98. The lowest BCUT2D eigenvalue weighted by Crippen LogP contribution is -2.35. The van der Waals surface area contributed by atoms with Crippen molar-refractivity contribution in [3.8, 4) is 0 Å². The lowest BCUT2D eigenvalue weighted by molar-refractivity contribution is 0.453. The van der Waals surface area contributed by atoms with E-state index in [1.165, 1.54) is 17.5 Å². The molecule has 3 atom stereocenters. The van der Waals surface area contributed by atoms with Gasteiger partial charge in [-0.15, -0.1) is 0 Å². The number of imidazole rings is 1. The van der Waals surface area contributed by atoms with E-state index >= 15 is 0 Å². The minimum absolute atomic E-state index is 0.405. The van der Waals surface area contributed by atoms with Gasteiger partial charge in [0.15, 0.2) is 5.16 Å². The lowest BCUT2D eigenvalue weighted by Gasteiger charge is -2.36. The molecule has 2 aromatic rings. The molecule has 1 aliphatic rings. The zero-order chi connectivity index (χ0) is 13.9. The Morgan fingerprint density at radius 3 is 2.85 bits per heavy atom. The fourth-order valence-electron chi connectivity index (χ4n) is 3.09. The summed E-state index contributed by atoms with van der Waals surface area (Å²) in [5.41, 5.74) is 2.95. The van der Waals surface area contributed by atoms with Crippen LogP contribution in [-0.4, -0.2) is 21.8 Å². The van der Waals surface area contributed by atoms with Crippen LogP contribution in [0.4, 0.5) is 0 Å². The molecule has 3 nitrogen and oxygen atoms in total. The standard InChI is InChI=1S/C16H21N3S/c1-3-17-15-13-7-5-4-6-12(13)11(2)10-14(15)20-16-18-8-9-19-16/h4-9,11,14-15,17H,3,10H2,1-2H3,(H,18,19). The summed E-state index contributed by atoms with van der Waals surface area (Å²) in [5, 5.41) is 5.20. The smallest absolute Gasteiger partial charge is 0.165 e. The number of H-pyrrole nitrogens is 1. The number of hydrogen-bond donors (Lipinski definition) is 2. The highest BCUT2D eigenvalue weighted by Crippen LogP contribution is 2.44. The zero-order valence-electron chi connectivity index (χ0n) is 12.0.